The topological polar surface area (TPSA) is 71.0 Å². The van der Waals surface area contributed by atoms with Crippen LogP contribution < -0.4 is 5.32 Å². The molecular weight excluding hydrogens is 500 g/mol. The first-order valence-electron chi connectivity index (χ1n) is 13.7. The van der Waals surface area contributed by atoms with E-state index in [1.165, 1.54) is 5.56 Å². The number of hydrogen-bond donors (Lipinski definition) is 2. The number of nitrogens with zero attached hydrogens (tertiary/aromatic N) is 1. The first-order valence-corrected chi connectivity index (χ1v) is 13.7. The molecule has 4 atom stereocenters. The maximum absolute atomic E-state index is 12.7. The van der Waals surface area contributed by atoms with Gasteiger partial charge in [-0.05, 0) is 54.9 Å². The Bertz CT molecular complexity index is 1380. The largest absolute Gasteiger partial charge is 0.392 e. The molecule has 0 saturated carbocycles. The average Bonchev–Trinajstić information content (AvgIpc) is 3.01. The summed E-state index contributed by atoms with van der Waals surface area (Å²) in [5, 5.41) is 12.5. The first-order chi connectivity index (χ1) is 19.5. The summed E-state index contributed by atoms with van der Waals surface area (Å²) < 4.78 is 13.1. The third kappa shape index (κ3) is 6.84. The third-order valence-electron chi connectivity index (χ3n) is 7.50. The highest BCUT2D eigenvalue weighted by Gasteiger charge is 2.33. The minimum Gasteiger partial charge on any atom is -0.392 e. The first kappa shape index (κ1) is 27.7. The number of anilines is 1. The SMILES string of the molecule is C[C@@H](c1ccccc1)N(C)C[C@H]1C[C@@H](c2ccc(CO)cc2)O[C@@H](c2cccc(NC(=O)c3ccccc3)c2)O1. The van der Waals surface area contributed by atoms with Crippen LogP contribution in [0, 0.1) is 0 Å². The Kier molecular flexibility index (Phi) is 9.04. The Morgan fingerprint density at radius 2 is 1.60 bits per heavy atom. The summed E-state index contributed by atoms with van der Waals surface area (Å²) in [6.45, 7) is 2.94. The highest BCUT2D eigenvalue weighted by atomic mass is 16.7. The molecule has 0 unspecified atom stereocenters. The van der Waals surface area contributed by atoms with Crippen molar-refractivity contribution < 1.29 is 19.4 Å². The number of carbonyl (C=O) groups excluding carboxylic acids is 1. The summed E-state index contributed by atoms with van der Waals surface area (Å²) in [7, 11) is 2.12. The number of benzene rings is 4. The van der Waals surface area contributed by atoms with Gasteiger partial charge >= 0.3 is 0 Å². The highest BCUT2D eigenvalue weighted by Crippen LogP contribution is 2.39. The van der Waals surface area contributed by atoms with Gasteiger partial charge in [-0.25, -0.2) is 0 Å². The second-order valence-corrected chi connectivity index (χ2v) is 10.3. The second-order valence-electron chi connectivity index (χ2n) is 10.3. The van der Waals surface area contributed by atoms with Crippen molar-refractivity contribution >= 4 is 11.6 Å². The number of hydrogen-bond acceptors (Lipinski definition) is 5. The van der Waals surface area contributed by atoms with Gasteiger partial charge in [0, 0.05) is 35.8 Å². The van der Waals surface area contributed by atoms with Gasteiger partial charge in [0.15, 0.2) is 6.29 Å². The zero-order chi connectivity index (χ0) is 27.9. The van der Waals surface area contributed by atoms with E-state index in [1.807, 2.05) is 72.8 Å². The molecule has 6 heteroatoms. The fourth-order valence-corrected chi connectivity index (χ4v) is 5.05. The van der Waals surface area contributed by atoms with Crippen molar-refractivity contribution in [3.05, 3.63) is 137 Å². The fraction of sp³-hybridized carbons (Fsp3) is 0.265. The van der Waals surface area contributed by atoms with Crippen LogP contribution in [-0.2, 0) is 16.1 Å². The van der Waals surface area contributed by atoms with Gasteiger partial charge < -0.3 is 19.9 Å². The molecule has 40 heavy (non-hydrogen) atoms. The van der Waals surface area contributed by atoms with Crippen LogP contribution in [-0.4, -0.2) is 35.6 Å². The van der Waals surface area contributed by atoms with Crippen LogP contribution >= 0.6 is 0 Å². The van der Waals surface area contributed by atoms with E-state index in [0.717, 1.165) is 23.2 Å². The Balaban J connectivity index is 1.36. The average molecular weight is 537 g/mol. The van der Waals surface area contributed by atoms with Crippen molar-refractivity contribution in [2.75, 3.05) is 18.9 Å². The summed E-state index contributed by atoms with van der Waals surface area (Å²) in [6.07, 6.45) is -0.166. The molecule has 4 aromatic carbocycles. The zero-order valence-electron chi connectivity index (χ0n) is 22.9. The summed E-state index contributed by atoms with van der Waals surface area (Å²) in [6, 6.07) is 35.4. The molecule has 1 aliphatic heterocycles. The lowest BCUT2D eigenvalue weighted by molar-refractivity contribution is -0.253. The molecule has 2 N–H and O–H groups in total. The minimum absolute atomic E-state index is 0.00380. The molecule has 5 rings (SSSR count). The Hall–Kier alpha value is -3.81. The summed E-state index contributed by atoms with van der Waals surface area (Å²) in [5.41, 5.74) is 5.28. The summed E-state index contributed by atoms with van der Waals surface area (Å²) in [4.78, 5) is 15.1. The van der Waals surface area contributed by atoms with Crippen LogP contribution in [0.1, 0.15) is 64.4 Å². The van der Waals surface area contributed by atoms with Gasteiger partial charge in [-0.3, -0.25) is 9.69 Å². The van der Waals surface area contributed by atoms with E-state index < -0.39 is 6.29 Å². The number of amides is 1. The molecule has 1 amide bonds. The molecule has 0 aliphatic carbocycles. The maximum atomic E-state index is 12.7. The molecule has 6 nitrogen and oxygen atoms in total. The van der Waals surface area contributed by atoms with Crippen LogP contribution in [0.4, 0.5) is 5.69 Å². The number of aliphatic hydroxyl groups is 1. The maximum Gasteiger partial charge on any atom is 0.255 e. The molecular formula is C34H36N2O4. The van der Waals surface area contributed by atoms with Gasteiger partial charge in [0.2, 0.25) is 0 Å². The van der Waals surface area contributed by atoms with Crippen molar-refractivity contribution in [3.63, 3.8) is 0 Å². The van der Waals surface area contributed by atoms with Gasteiger partial charge in [-0.15, -0.1) is 0 Å². The van der Waals surface area contributed by atoms with E-state index in [2.05, 4.69) is 48.5 Å². The number of likely N-dealkylation sites (N-methyl/N-ethyl adjacent to an activating group) is 1. The lowest BCUT2D eigenvalue weighted by Gasteiger charge is -2.39. The van der Waals surface area contributed by atoms with Crippen molar-refractivity contribution in [1.82, 2.24) is 4.90 Å². The van der Waals surface area contributed by atoms with Gasteiger partial charge in [0.1, 0.15) is 0 Å². The van der Waals surface area contributed by atoms with E-state index in [9.17, 15) is 9.90 Å². The van der Waals surface area contributed by atoms with E-state index in [0.29, 0.717) is 17.7 Å². The molecule has 0 spiro atoms. The zero-order valence-corrected chi connectivity index (χ0v) is 22.9. The number of nitrogens with one attached hydrogen (secondary N) is 1. The molecule has 1 aliphatic rings. The minimum atomic E-state index is -0.602. The van der Waals surface area contributed by atoms with Gasteiger partial charge in [-0.2, -0.15) is 0 Å². The normalized spacial score (nSPS) is 19.8. The summed E-state index contributed by atoms with van der Waals surface area (Å²) >= 11 is 0. The number of aliphatic hydroxyl groups excluding tert-OH is 1. The van der Waals surface area contributed by atoms with E-state index in [-0.39, 0.29) is 30.8 Å². The standard InChI is InChI=1S/C34H36N2O4/c1-24(26-10-5-3-6-11-26)36(2)22-31-21-32(27-18-16-25(23-37)17-19-27)40-34(39-31)29-14-9-15-30(20-29)35-33(38)28-12-7-4-8-13-28/h3-20,24,31-32,34,37H,21-23H2,1-2H3,(H,35,38)/t24-,31+,32-,34-/m0/s1. The van der Waals surface area contributed by atoms with Gasteiger partial charge in [0.25, 0.3) is 5.91 Å². The molecule has 4 aromatic rings. The van der Waals surface area contributed by atoms with Crippen molar-refractivity contribution in [3.8, 4) is 0 Å². The molecule has 206 valence electrons. The lowest BCUT2D eigenvalue weighted by atomic mass is 9.99. The number of ether oxygens (including phenoxy) is 2. The molecule has 1 fully saturated rings. The van der Waals surface area contributed by atoms with Crippen LogP contribution in [0.3, 0.4) is 0 Å². The predicted molar refractivity (Wildman–Crippen MR) is 157 cm³/mol. The fourth-order valence-electron chi connectivity index (χ4n) is 5.05. The molecule has 0 radical (unpaired) electrons. The monoisotopic (exact) mass is 536 g/mol. The van der Waals surface area contributed by atoms with Crippen LogP contribution in [0.5, 0.6) is 0 Å². The summed E-state index contributed by atoms with van der Waals surface area (Å²) in [5.74, 6) is -0.167. The highest BCUT2D eigenvalue weighted by molar-refractivity contribution is 6.04. The van der Waals surface area contributed by atoms with Crippen molar-refractivity contribution in [1.29, 1.82) is 0 Å². The van der Waals surface area contributed by atoms with Crippen molar-refractivity contribution in [2.45, 2.75) is 44.5 Å². The predicted octanol–water partition coefficient (Wildman–Crippen LogP) is 6.67. The molecule has 0 aromatic heterocycles. The van der Waals surface area contributed by atoms with Gasteiger partial charge in [0.05, 0.1) is 18.8 Å². The number of rotatable bonds is 9. The van der Waals surface area contributed by atoms with Crippen LogP contribution in [0.15, 0.2) is 109 Å². The van der Waals surface area contributed by atoms with E-state index >= 15 is 0 Å². The molecule has 1 heterocycles. The number of carbonyl (C=O) groups is 1. The van der Waals surface area contributed by atoms with Crippen molar-refractivity contribution in [2.24, 2.45) is 0 Å². The smallest absolute Gasteiger partial charge is 0.255 e. The Labute approximate surface area is 236 Å². The van der Waals surface area contributed by atoms with E-state index in [1.54, 1.807) is 12.1 Å². The van der Waals surface area contributed by atoms with Crippen LogP contribution in [0.2, 0.25) is 0 Å². The Morgan fingerprint density at radius 1 is 0.900 bits per heavy atom. The Morgan fingerprint density at radius 3 is 2.30 bits per heavy atom. The van der Waals surface area contributed by atoms with Gasteiger partial charge in [-0.1, -0.05) is 84.9 Å². The molecule has 0 bridgehead atoms. The van der Waals surface area contributed by atoms with E-state index in [4.69, 9.17) is 9.47 Å². The third-order valence-corrected chi connectivity index (χ3v) is 7.50. The molecule has 1 saturated heterocycles. The lowest BCUT2D eigenvalue weighted by Crippen LogP contribution is -2.38. The quantitative estimate of drug-likeness (QED) is 0.250. The van der Waals surface area contributed by atoms with Crippen LogP contribution in [0.25, 0.3) is 0 Å². The second kappa shape index (κ2) is 13.0.